The highest BCUT2D eigenvalue weighted by Gasteiger charge is 2.15. The zero-order valence-electron chi connectivity index (χ0n) is 8.88. The molecule has 0 amide bonds. The summed E-state index contributed by atoms with van der Waals surface area (Å²) in [4.78, 5) is 10.7. The van der Waals surface area contributed by atoms with Crippen LogP contribution >= 0.6 is 15.9 Å². The van der Waals surface area contributed by atoms with E-state index in [4.69, 9.17) is 4.74 Å². The molecule has 0 saturated heterocycles. The van der Waals surface area contributed by atoms with Gasteiger partial charge in [-0.25, -0.2) is 0 Å². The van der Waals surface area contributed by atoms with Crippen LogP contribution in [-0.4, -0.2) is 44.2 Å². The molecule has 0 spiro atoms. The molecular formula is C9H18BrNO3. The summed E-state index contributed by atoms with van der Waals surface area (Å²) in [5.74, 6) is -0.253. The third kappa shape index (κ3) is 6.34. The molecule has 0 saturated carbocycles. The predicted octanol–water partition coefficient (Wildman–Crippen LogP) is 0.937. The molecule has 0 aliphatic heterocycles. The molecule has 0 aromatic heterocycles. The third-order valence-electron chi connectivity index (χ3n) is 1.86. The number of hydrogen-bond acceptors (Lipinski definition) is 4. The smallest absolute Gasteiger partial charge is 0.320 e. The van der Waals surface area contributed by atoms with E-state index in [1.807, 2.05) is 0 Å². The van der Waals surface area contributed by atoms with Crippen molar-refractivity contribution in [2.75, 3.05) is 27.4 Å². The van der Waals surface area contributed by atoms with Gasteiger partial charge in [0, 0.05) is 26.3 Å². The molecule has 0 aliphatic carbocycles. The van der Waals surface area contributed by atoms with Crippen LogP contribution in [0.2, 0.25) is 0 Å². The number of carbonyl (C=O) groups is 1. The Morgan fingerprint density at radius 3 is 2.64 bits per heavy atom. The molecule has 2 atom stereocenters. The second kappa shape index (κ2) is 8.20. The molecule has 0 fully saturated rings. The second-order valence-corrected chi connectivity index (χ2v) is 4.19. The Morgan fingerprint density at radius 1 is 1.50 bits per heavy atom. The SMILES string of the molecule is COCCC(C)NCC(Br)C(=O)OC. The zero-order valence-corrected chi connectivity index (χ0v) is 10.5. The Balaban J connectivity index is 3.55. The molecule has 0 aromatic carbocycles. The minimum absolute atomic E-state index is 0.253. The van der Waals surface area contributed by atoms with E-state index >= 15 is 0 Å². The fourth-order valence-electron chi connectivity index (χ4n) is 0.913. The highest BCUT2D eigenvalue weighted by molar-refractivity contribution is 9.10. The summed E-state index contributed by atoms with van der Waals surface area (Å²) >= 11 is 3.23. The van der Waals surface area contributed by atoms with Gasteiger partial charge in [0.15, 0.2) is 0 Å². The number of alkyl halides is 1. The Hall–Kier alpha value is -0.130. The van der Waals surface area contributed by atoms with Crippen LogP contribution in [0.15, 0.2) is 0 Å². The van der Waals surface area contributed by atoms with Gasteiger partial charge in [0.1, 0.15) is 4.83 Å². The van der Waals surface area contributed by atoms with Crippen LogP contribution in [0.5, 0.6) is 0 Å². The maximum Gasteiger partial charge on any atom is 0.320 e. The maximum absolute atomic E-state index is 11.0. The quantitative estimate of drug-likeness (QED) is 0.551. The highest BCUT2D eigenvalue weighted by atomic mass is 79.9. The largest absolute Gasteiger partial charge is 0.468 e. The van der Waals surface area contributed by atoms with Crippen LogP contribution in [0.4, 0.5) is 0 Å². The molecule has 0 rings (SSSR count). The molecule has 84 valence electrons. The average Bonchev–Trinajstić information content (AvgIpc) is 2.21. The maximum atomic E-state index is 11.0. The molecular weight excluding hydrogens is 250 g/mol. The molecule has 0 bridgehead atoms. The Kier molecular flexibility index (Phi) is 8.12. The number of rotatable bonds is 7. The fourth-order valence-corrected chi connectivity index (χ4v) is 1.29. The summed E-state index contributed by atoms with van der Waals surface area (Å²) < 4.78 is 9.52. The van der Waals surface area contributed by atoms with Crippen molar-refractivity contribution in [1.82, 2.24) is 5.32 Å². The summed E-state index contributed by atoms with van der Waals surface area (Å²) in [5.41, 5.74) is 0. The molecule has 0 aromatic rings. The molecule has 0 aliphatic rings. The van der Waals surface area contributed by atoms with Crippen LogP contribution in [0.25, 0.3) is 0 Å². The minimum atomic E-state index is -0.280. The minimum Gasteiger partial charge on any atom is -0.468 e. The molecule has 14 heavy (non-hydrogen) atoms. The Bertz CT molecular complexity index is 166. The molecule has 1 N–H and O–H groups in total. The number of ether oxygens (including phenoxy) is 2. The van der Waals surface area contributed by atoms with Gasteiger partial charge in [0.05, 0.1) is 7.11 Å². The van der Waals surface area contributed by atoms with Gasteiger partial charge in [-0.05, 0) is 13.3 Å². The van der Waals surface area contributed by atoms with E-state index in [0.29, 0.717) is 12.6 Å². The van der Waals surface area contributed by atoms with E-state index < -0.39 is 0 Å². The summed E-state index contributed by atoms with van der Waals surface area (Å²) in [6.45, 7) is 3.34. The van der Waals surface area contributed by atoms with Crippen molar-refractivity contribution in [3.63, 3.8) is 0 Å². The standard InChI is InChI=1S/C9H18BrNO3/c1-7(4-5-13-2)11-6-8(10)9(12)14-3/h7-8,11H,4-6H2,1-3H3. The lowest BCUT2D eigenvalue weighted by Crippen LogP contribution is -2.35. The van der Waals surface area contributed by atoms with Gasteiger partial charge in [-0.3, -0.25) is 4.79 Å². The van der Waals surface area contributed by atoms with Crippen molar-refractivity contribution in [1.29, 1.82) is 0 Å². The van der Waals surface area contributed by atoms with Gasteiger partial charge in [-0.15, -0.1) is 0 Å². The van der Waals surface area contributed by atoms with Crippen molar-refractivity contribution < 1.29 is 14.3 Å². The first-order valence-electron chi connectivity index (χ1n) is 4.56. The number of carbonyl (C=O) groups excluding carboxylic acids is 1. The van der Waals surface area contributed by atoms with Gasteiger partial charge >= 0.3 is 5.97 Å². The van der Waals surface area contributed by atoms with E-state index in [9.17, 15) is 4.79 Å². The van der Waals surface area contributed by atoms with E-state index in [2.05, 4.69) is 32.9 Å². The lowest BCUT2D eigenvalue weighted by molar-refractivity contribution is -0.139. The van der Waals surface area contributed by atoms with Gasteiger partial charge in [-0.1, -0.05) is 15.9 Å². The second-order valence-electron chi connectivity index (χ2n) is 3.08. The van der Waals surface area contributed by atoms with Gasteiger partial charge in [-0.2, -0.15) is 0 Å². The van der Waals surface area contributed by atoms with Gasteiger partial charge < -0.3 is 14.8 Å². The van der Waals surface area contributed by atoms with Gasteiger partial charge in [0.2, 0.25) is 0 Å². The lowest BCUT2D eigenvalue weighted by atomic mass is 10.2. The number of methoxy groups -OCH3 is 2. The number of nitrogens with one attached hydrogen (secondary N) is 1. The number of hydrogen-bond donors (Lipinski definition) is 1. The van der Waals surface area contributed by atoms with E-state index in [1.54, 1.807) is 7.11 Å². The molecule has 4 nitrogen and oxygen atoms in total. The third-order valence-corrected chi connectivity index (χ3v) is 2.56. The van der Waals surface area contributed by atoms with Crippen molar-refractivity contribution >= 4 is 21.9 Å². The average molecular weight is 268 g/mol. The van der Waals surface area contributed by atoms with Crippen LogP contribution in [0.3, 0.4) is 0 Å². The fraction of sp³-hybridized carbons (Fsp3) is 0.889. The lowest BCUT2D eigenvalue weighted by Gasteiger charge is -2.15. The van der Waals surface area contributed by atoms with E-state index in [1.165, 1.54) is 7.11 Å². The van der Waals surface area contributed by atoms with E-state index in [0.717, 1.165) is 13.0 Å². The monoisotopic (exact) mass is 267 g/mol. The predicted molar refractivity (Wildman–Crippen MR) is 58.7 cm³/mol. The van der Waals surface area contributed by atoms with Crippen LogP contribution in [-0.2, 0) is 14.3 Å². The number of halogens is 1. The van der Waals surface area contributed by atoms with Crippen LogP contribution in [0, 0.1) is 0 Å². The molecule has 0 heterocycles. The Labute approximate surface area is 93.5 Å². The van der Waals surface area contributed by atoms with E-state index in [-0.39, 0.29) is 10.8 Å². The van der Waals surface area contributed by atoms with Crippen molar-refractivity contribution in [3.8, 4) is 0 Å². The summed E-state index contributed by atoms with van der Waals surface area (Å²) in [5, 5.41) is 3.20. The first-order valence-corrected chi connectivity index (χ1v) is 5.47. The van der Waals surface area contributed by atoms with Crippen LogP contribution < -0.4 is 5.32 Å². The first-order chi connectivity index (χ1) is 6.61. The van der Waals surface area contributed by atoms with Crippen molar-refractivity contribution in [2.24, 2.45) is 0 Å². The summed E-state index contributed by atoms with van der Waals surface area (Å²) in [6, 6.07) is 0.333. The molecule has 2 unspecified atom stereocenters. The number of esters is 1. The van der Waals surface area contributed by atoms with Crippen molar-refractivity contribution in [3.05, 3.63) is 0 Å². The summed E-state index contributed by atoms with van der Waals surface area (Å²) in [6.07, 6.45) is 0.928. The van der Waals surface area contributed by atoms with Gasteiger partial charge in [0.25, 0.3) is 0 Å². The van der Waals surface area contributed by atoms with Crippen LogP contribution in [0.1, 0.15) is 13.3 Å². The topological polar surface area (TPSA) is 47.6 Å². The first kappa shape index (κ1) is 13.9. The van der Waals surface area contributed by atoms with Crippen molar-refractivity contribution in [2.45, 2.75) is 24.2 Å². The molecule has 5 heteroatoms. The molecule has 0 radical (unpaired) electrons. The highest BCUT2D eigenvalue weighted by Crippen LogP contribution is 2.01. The zero-order chi connectivity index (χ0) is 11.0. The normalized spacial score (nSPS) is 14.9. The summed E-state index contributed by atoms with van der Waals surface area (Å²) in [7, 11) is 3.05. The Morgan fingerprint density at radius 2 is 2.14 bits per heavy atom.